The van der Waals surface area contributed by atoms with E-state index in [1.165, 1.54) is 6.39 Å². The van der Waals surface area contributed by atoms with Crippen LogP contribution in [0.3, 0.4) is 0 Å². The highest BCUT2D eigenvalue weighted by molar-refractivity contribution is 5.92. The fourth-order valence-corrected chi connectivity index (χ4v) is 0.786. The Morgan fingerprint density at radius 3 is 3.08 bits per heavy atom. The quantitative estimate of drug-likeness (QED) is 0.649. The molecule has 12 heavy (non-hydrogen) atoms. The van der Waals surface area contributed by atoms with E-state index in [9.17, 15) is 4.79 Å². The molecule has 1 aromatic heterocycles. The molecule has 0 fully saturated rings. The number of aromatic nitrogens is 1. The van der Waals surface area contributed by atoms with Crippen LogP contribution in [0.2, 0.25) is 0 Å². The van der Waals surface area contributed by atoms with Gasteiger partial charge in [0.1, 0.15) is 0 Å². The molecule has 5 heteroatoms. The van der Waals surface area contributed by atoms with Crippen LogP contribution in [-0.2, 0) is 0 Å². The zero-order chi connectivity index (χ0) is 8.97. The summed E-state index contributed by atoms with van der Waals surface area (Å²) < 4.78 is 4.86. The Hall–Kier alpha value is -1.36. The first-order chi connectivity index (χ1) is 5.75. The van der Waals surface area contributed by atoms with E-state index in [4.69, 9.17) is 10.2 Å². The molecule has 0 saturated carbocycles. The summed E-state index contributed by atoms with van der Waals surface area (Å²) in [6, 6.07) is 0. The van der Waals surface area contributed by atoms with Gasteiger partial charge in [0.15, 0.2) is 6.39 Å². The molecule has 0 aromatic carbocycles. The van der Waals surface area contributed by atoms with Gasteiger partial charge in [-0.3, -0.25) is 4.79 Å². The molecule has 3 N–H and O–H groups in total. The molecule has 1 rings (SSSR count). The smallest absolute Gasteiger partial charge is 0.289 e. The summed E-state index contributed by atoms with van der Waals surface area (Å²) in [5, 5.41) is 2.58. The molecular weight excluding hydrogens is 158 g/mol. The molecule has 0 spiro atoms. The van der Waals surface area contributed by atoms with E-state index in [2.05, 4.69) is 10.3 Å². The van der Waals surface area contributed by atoms with Gasteiger partial charge in [-0.05, 0) is 6.92 Å². The molecule has 66 valence electrons. The van der Waals surface area contributed by atoms with Crippen LogP contribution in [0.1, 0.15) is 16.2 Å². The highest BCUT2D eigenvalue weighted by Gasteiger charge is 2.11. The summed E-state index contributed by atoms with van der Waals surface area (Å²) in [6.07, 6.45) is 1.24. The summed E-state index contributed by atoms with van der Waals surface area (Å²) in [5.74, 6) is -0.0149. The van der Waals surface area contributed by atoms with Crippen molar-refractivity contribution in [1.82, 2.24) is 10.3 Å². The van der Waals surface area contributed by atoms with Gasteiger partial charge in [-0.1, -0.05) is 0 Å². The average Bonchev–Trinajstić information content (AvgIpc) is 2.47. The largest absolute Gasteiger partial charge is 0.438 e. The van der Waals surface area contributed by atoms with Crippen molar-refractivity contribution in [3.05, 3.63) is 17.8 Å². The normalized spacial score (nSPS) is 9.83. The Kier molecular flexibility index (Phi) is 2.82. The second-order valence-electron chi connectivity index (χ2n) is 2.31. The van der Waals surface area contributed by atoms with Crippen LogP contribution in [0.4, 0.5) is 0 Å². The topological polar surface area (TPSA) is 81.2 Å². The Morgan fingerprint density at radius 2 is 2.58 bits per heavy atom. The van der Waals surface area contributed by atoms with Crippen LogP contribution in [0, 0.1) is 6.92 Å². The average molecular weight is 169 g/mol. The zero-order valence-electron chi connectivity index (χ0n) is 6.83. The van der Waals surface area contributed by atoms with Crippen LogP contribution in [0.25, 0.3) is 0 Å². The van der Waals surface area contributed by atoms with Crippen LogP contribution >= 0.6 is 0 Å². The van der Waals surface area contributed by atoms with E-state index in [-0.39, 0.29) is 11.7 Å². The van der Waals surface area contributed by atoms with Crippen molar-refractivity contribution in [2.75, 3.05) is 13.1 Å². The Labute approximate surface area is 70.0 Å². The number of oxazole rings is 1. The van der Waals surface area contributed by atoms with Crippen molar-refractivity contribution in [2.45, 2.75) is 6.92 Å². The molecule has 1 heterocycles. The summed E-state index contributed by atoms with van der Waals surface area (Å²) in [5.41, 5.74) is 5.79. The van der Waals surface area contributed by atoms with Crippen LogP contribution in [-0.4, -0.2) is 24.0 Å². The molecule has 0 unspecified atom stereocenters. The number of aryl methyl sites for hydroxylation is 1. The van der Waals surface area contributed by atoms with Gasteiger partial charge in [0, 0.05) is 13.1 Å². The lowest BCUT2D eigenvalue weighted by atomic mass is 10.3. The number of carbonyl (C=O) groups excluding carboxylic acids is 1. The number of nitrogens with one attached hydrogen (secondary N) is 1. The minimum Gasteiger partial charge on any atom is -0.438 e. The maximum absolute atomic E-state index is 11.2. The second kappa shape index (κ2) is 3.87. The van der Waals surface area contributed by atoms with Crippen LogP contribution < -0.4 is 11.1 Å². The fraction of sp³-hybridized carbons (Fsp3) is 0.429. The number of rotatable bonds is 3. The SMILES string of the molecule is Cc1ncoc1C(=O)NCCN. The predicted molar refractivity (Wildman–Crippen MR) is 42.6 cm³/mol. The number of amides is 1. The summed E-state index contributed by atoms with van der Waals surface area (Å²) in [7, 11) is 0. The van der Waals surface area contributed by atoms with E-state index in [0.29, 0.717) is 18.8 Å². The predicted octanol–water partition coefficient (Wildman–Crippen LogP) is -0.328. The molecule has 0 radical (unpaired) electrons. The van der Waals surface area contributed by atoms with E-state index < -0.39 is 0 Å². The van der Waals surface area contributed by atoms with Crippen molar-refractivity contribution in [3.63, 3.8) is 0 Å². The van der Waals surface area contributed by atoms with Gasteiger partial charge >= 0.3 is 0 Å². The summed E-state index contributed by atoms with van der Waals surface area (Å²) >= 11 is 0. The minimum absolute atomic E-state index is 0.253. The molecule has 0 aliphatic carbocycles. The van der Waals surface area contributed by atoms with Crippen LogP contribution in [0.5, 0.6) is 0 Å². The number of nitrogens with zero attached hydrogens (tertiary/aromatic N) is 1. The Bertz CT molecular complexity index is 269. The lowest BCUT2D eigenvalue weighted by molar-refractivity contribution is 0.0926. The first kappa shape index (κ1) is 8.73. The number of nitrogens with two attached hydrogens (primary N) is 1. The number of hydrogen-bond acceptors (Lipinski definition) is 4. The third-order valence-electron chi connectivity index (χ3n) is 1.38. The van der Waals surface area contributed by atoms with Crippen molar-refractivity contribution < 1.29 is 9.21 Å². The van der Waals surface area contributed by atoms with Crippen molar-refractivity contribution >= 4 is 5.91 Å². The molecule has 5 nitrogen and oxygen atoms in total. The lowest BCUT2D eigenvalue weighted by Crippen LogP contribution is -2.29. The van der Waals surface area contributed by atoms with Gasteiger partial charge in [0.2, 0.25) is 5.76 Å². The van der Waals surface area contributed by atoms with Crippen LogP contribution in [0.15, 0.2) is 10.8 Å². The highest BCUT2D eigenvalue weighted by Crippen LogP contribution is 2.03. The molecule has 0 atom stereocenters. The highest BCUT2D eigenvalue weighted by atomic mass is 16.3. The first-order valence-corrected chi connectivity index (χ1v) is 3.64. The standard InChI is InChI=1S/C7H11N3O2/c1-5-6(12-4-10-5)7(11)9-3-2-8/h4H,2-3,8H2,1H3,(H,9,11). The molecule has 0 aliphatic heterocycles. The van der Waals surface area contributed by atoms with E-state index >= 15 is 0 Å². The van der Waals surface area contributed by atoms with Gasteiger partial charge in [-0.2, -0.15) is 0 Å². The van der Waals surface area contributed by atoms with E-state index in [0.717, 1.165) is 0 Å². The third kappa shape index (κ3) is 1.82. The molecule has 0 aliphatic rings. The van der Waals surface area contributed by atoms with Crippen molar-refractivity contribution in [3.8, 4) is 0 Å². The van der Waals surface area contributed by atoms with E-state index in [1.54, 1.807) is 6.92 Å². The monoisotopic (exact) mass is 169 g/mol. The second-order valence-corrected chi connectivity index (χ2v) is 2.31. The van der Waals surface area contributed by atoms with Gasteiger partial charge in [0.25, 0.3) is 5.91 Å². The molecule has 1 amide bonds. The maximum Gasteiger partial charge on any atom is 0.289 e. The summed E-state index contributed by atoms with van der Waals surface area (Å²) in [4.78, 5) is 15.0. The Balaban J connectivity index is 2.59. The lowest BCUT2D eigenvalue weighted by Gasteiger charge is -1.99. The molecule has 0 saturated heterocycles. The van der Waals surface area contributed by atoms with Gasteiger partial charge in [-0.25, -0.2) is 4.98 Å². The minimum atomic E-state index is -0.268. The fourth-order valence-electron chi connectivity index (χ4n) is 0.786. The molecule has 1 aromatic rings. The van der Waals surface area contributed by atoms with E-state index in [1.807, 2.05) is 0 Å². The number of hydrogen-bond donors (Lipinski definition) is 2. The maximum atomic E-state index is 11.2. The summed E-state index contributed by atoms with van der Waals surface area (Å²) in [6.45, 7) is 2.57. The van der Waals surface area contributed by atoms with Gasteiger partial charge in [-0.15, -0.1) is 0 Å². The van der Waals surface area contributed by atoms with Gasteiger partial charge < -0.3 is 15.5 Å². The Morgan fingerprint density at radius 1 is 1.83 bits per heavy atom. The third-order valence-corrected chi connectivity index (χ3v) is 1.38. The van der Waals surface area contributed by atoms with Crippen molar-refractivity contribution in [2.24, 2.45) is 5.73 Å². The zero-order valence-corrected chi connectivity index (χ0v) is 6.83. The van der Waals surface area contributed by atoms with Gasteiger partial charge in [0.05, 0.1) is 5.69 Å². The van der Waals surface area contributed by atoms with Crippen molar-refractivity contribution in [1.29, 1.82) is 0 Å². The molecule has 0 bridgehead atoms. The number of carbonyl (C=O) groups is 1. The first-order valence-electron chi connectivity index (χ1n) is 3.64. The molecular formula is C7H11N3O2.